The Morgan fingerprint density at radius 3 is 2.31 bits per heavy atom. The average molecular weight is 441 g/mol. The van der Waals surface area contributed by atoms with E-state index in [2.05, 4.69) is 17.6 Å². The number of unbranched alkanes of at least 4 members (excludes halogenated alkanes) is 1. The maximum absolute atomic E-state index is 12.2. The first-order chi connectivity index (χ1) is 15.5. The van der Waals surface area contributed by atoms with Crippen molar-refractivity contribution in [1.29, 1.82) is 0 Å². The summed E-state index contributed by atoms with van der Waals surface area (Å²) in [5, 5.41) is 5.38. The van der Waals surface area contributed by atoms with Gasteiger partial charge in [0.1, 0.15) is 12.3 Å². The number of amides is 2. The van der Waals surface area contributed by atoms with Crippen LogP contribution in [0.25, 0.3) is 0 Å². The number of carbonyl (C=O) groups excluding carboxylic acids is 3. The largest absolute Gasteiger partial charge is 0.494 e. The van der Waals surface area contributed by atoms with Gasteiger partial charge in [0.05, 0.1) is 12.6 Å². The SMILES string of the molecule is CCCCOc1ccc(C(=O)NCC(=O)OCC(=O)NC(CCC)c2ccccc2)cc1. The summed E-state index contributed by atoms with van der Waals surface area (Å²) in [5.41, 5.74) is 1.41. The van der Waals surface area contributed by atoms with Crippen LogP contribution < -0.4 is 15.4 Å². The molecule has 0 aliphatic rings. The molecular weight excluding hydrogens is 408 g/mol. The summed E-state index contributed by atoms with van der Waals surface area (Å²) in [6.45, 7) is 4.04. The highest BCUT2D eigenvalue weighted by Gasteiger charge is 2.15. The average Bonchev–Trinajstić information content (AvgIpc) is 2.82. The van der Waals surface area contributed by atoms with Crippen LogP contribution in [0.1, 0.15) is 61.5 Å². The van der Waals surface area contributed by atoms with Gasteiger partial charge >= 0.3 is 5.97 Å². The Kier molecular flexibility index (Phi) is 10.8. The lowest BCUT2D eigenvalue weighted by molar-refractivity contribution is -0.147. The molecule has 7 nitrogen and oxygen atoms in total. The molecule has 1 atom stereocenters. The van der Waals surface area contributed by atoms with Gasteiger partial charge in [0.15, 0.2) is 6.61 Å². The van der Waals surface area contributed by atoms with Crippen LogP contribution in [0.2, 0.25) is 0 Å². The Balaban J connectivity index is 1.73. The first-order valence-electron chi connectivity index (χ1n) is 11.0. The van der Waals surface area contributed by atoms with E-state index < -0.39 is 18.5 Å². The van der Waals surface area contributed by atoms with E-state index in [1.165, 1.54) is 0 Å². The van der Waals surface area contributed by atoms with Crippen LogP contribution >= 0.6 is 0 Å². The number of ether oxygens (including phenoxy) is 2. The minimum absolute atomic E-state index is 0.138. The lowest BCUT2D eigenvalue weighted by Crippen LogP contribution is -2.35. The second-order valence-electron chi connectivity index (χ2n) is 7.39. The molecule has 0 bridgehead atoms. The standard InChI is InChI=1S/C25H32N2O5/c1-3-5-16-31-21-14-12-20(13-15-21)25(30)26-17-24(29)32-18-23(28)27-22(9-4-2)19-10-7-6-8-11-19/h6-8,10-15,22H,3-5,9,16-18H2,1-2H3,(H,26,30)(H,27,28). The molecule has 0 aromatic heterocycles. The molecule has 2 amide bonds. The molecular formula is C25H32N2O5. The molecule has 32 heavy (non-hydrogen) atoms. The van der Waals surface area contributed by atoms with Crippen LogP contribution in [0.4, 0.5) is 0 Å². The van der Waals surface area contributed by atoms with Gasteiger partial charge in [-0.05, 0) is 42.7 Å². The predicted octanol–water partition coefficient (Wildman–Crippen LogP) is 3.80. The molecule has 172 valence electrons. The molecule has 0 spiro atoms. The van der Waals surface area contributed by atoms with E-state index in [0.29, 0.717) is 17.9 Å². The molecule has 2 aromatic carbocycles. The van der Waals surface area contributed by atoms with Crippen molar-refractivity contribution in [2.24, 2.45) is 0 Å². The molecule has 0 fully saturated rings. The van der Waals surface area contributed by atoms with E-state index in [1.807, 2.05) is 37.3 Å². The molecule has 2 N–H and O–H groups in total. The van der Waals surface area contributed by atoms with Crippen LogP contribution in [0.3, 0.4) is 0 Å². The molecule has 1 unspecified atom stereocenters. The molecule has 0 saturated heterocycles. The summed E-state index contributed by atoms with van der Waals surface area (Å²) in [6, 6.07) is 16.2. The highest BCUT2D eigenvalue weighted by molar-refractivity contribution is 5.96. The van der Waals surface area contributed by atoms with Gasteiger partial charge in [-0.15, -0.1) is 0 Å². The second kappa shape index (κ2) is 13.9. The van der Waals surface area contributed by atoms with Gasteiger partial charge < -0.3 is 20.1 Å². The third kappa shape index (κ3) is 8.79. The van der Waals surface area contributed by atoms with Gasteiger partial charge in [-0.3, -0.25) is 14.4 Å². The fourth-order valence-electron chi connectivity index (χ4n) is 3.02. The third-order valence-corrected chi connectivity index (χ3v) is 4.76. The van der Waals surface area contributed by atoms with Crippen molar-refractivity contribution in [3.05, 3.63) is 65.7 Å². The zero-order valence-electron chi connectivity index (χ0n) is 18.8. The number of hydrogen-bond acceptors (Lipinski definition) is 5. The van der Waals surface area contributed by atoms with E-state index in [-0.39, 0.29) is 18.5 Å². The highest BCUT2D eigenvalue weighted by Crippen LogP contribution is 2.18. The normalized spacial score (nSPS) is 11.3. The first kappa shape index (κ1) is 24.9. The van der Waals surface area contributed by atoms with Gasteiger partial charge in [-0.2, -0.15) is 0 Å². The molecule has 0 saturated carbocycles. The molecule has 0 radical (unpaired) electrons. The van der Waals surface area contributed by atoms with Gasteiger partial charge in [-0.1, -0.05) is 57.0 Å². The van der Waals surface area contributed by atoms with Crippen LogP contribution in [-0.4, -0.2) is 37.5 Å². The maximum atomic E-state index is 12.2. The van der Waals surface area contributed by atoms with Gasteiger partial charge in [0, 0.05) is 5.56 Å². The Morgan fingerprint density at radius 1 is 0.938 bits per heavy atom. The van der Waals surface area contributed by atoms with E-state index in [1.54, 1.807) is 24.3 Å². The van der Waals surface area contributed by atoms with Crippen molar-refractivity contribution in [2.75, 3.05) is 19.8 Å². The fourth-order valence-corrected chi connectivity index (χ4v) is 3.02. The van der Waals surface area contributed by atoms with Gasteiger partial charge in [-0.25, -0.2) is 0 Å². The van der Waals surface area contributed by atoms with Crippen molar-refractivity contribution < 1.29 is 23.9 Å². The van der Waals surface area contributed by atoms with Gasteiger partial charge in [0.25, 0.3) is 11.8 Å². The van der Waals surface area contributed by atoms with Crippen molar-refractivity contribution in [2.45, 2.75) is 45.6 Å². The van der Waals surface area contributed by atoms with Crippen LogP contribution in [0, 0.1) is 0 Å². The van der Waals surface area contributed by atoms with E-state index in [9.17, 15) is 14.4 Å². The molecule has 2 rings (SSSR count). The Hall–Kier alpha value is -3.35. The van der Waals surface area contributed by atoms with Crippen molar-refractivity contribution in [1.82, 2.24) is 10.6 Å². The van der Waals surface area contributed by atoms with Crippen LogP contribution in [-0.2, 0) is 14.3 Å². The third-order valence-electron chi connectivity index (χ3n) is 4.76. The van der Waals surface area contributed by atoms with Crippen molar-refractivity contribution in [3.8, 4) is 5.75 Å². The minimum atomic E-state index is -0.681. The number of carbonyl (C=O) groups is 3. The minimum Gasteiger partial charge on any atom is -0.494 e. The number of rotatable bonds is 13. The second-order valence-corrected chi connectivity index (χ2v) is 7.39. The number of esters is 1. The molecule has 0 aliphatic heterocycles. The lowest BCUT2D eigenvalue weighted by atomic mass is 10.0. The zero-order valence-corrected chi connectivity index (χ0v) is 18.8. The Bertz CT molecular complexity index is 852. The summed E-state index contributed by atoms with van der Waals surface area (Å²) < 4.78 is 10.6. The maximum Gasteiger partial charge on any atom is 0.325 e. The number of hydrogen-bond donors (Lipinski definition) is 2. The van der Waals surface area contributed by atoms with Crippen molar-refractivity contribution in [3.63, 3.8) is 0 Å². The number of benzene rings is 2. The summed E-state index contributed by atoms with van der Waals surface area (Å²) in [5.74, 6) is -0.777. The topological polar surface area (TPSA) is 93.7 Å². The Labute approximate surface area is 189 Å². The fraction of sp³-hybridized carbons (Fsp3) is 0.400. The summed E-state index contributed by atoms with van der Waals surface area (Å²) in [4.78, 5) is 36.3. The zero-order chi connectivity index (χ0) is 23.2. The summed E-state index contributed by atoms with van der Waals surface area (Å²) in [6.07, 6.45) is 3.69. The lowest BCUT2D eigenvalue weighted by Gasteiger charge is -2.18. The quantitative estimate of drug-likeness (QED) is 0.365. The molecule has 0 heterocycles. The van der Waals surface area contributed by atoms with Gasteiger partial charge in [0.2, 0.25) is 0 Å². The van der Waals surface area contributed by atoms with E-state index in [0.717, 1.165) is 31.2 Å². The van der Waals surface area contributed by atoms with E-state index >= 15 is 0 Å². The smallest absolute Gasteiger partial charge is 0.325 e. The summed E-state index contributed by atoms with van der Waals surface area (Å²) in [7, 11) is 0. The van der Waals surface area contributed by atoms with Crippen LogP contribution in [0.5, 0.6) is 5.75 Å². The predicted molar refractivity (Wildman–Crippen MR) is 122 cm³/mol. The Morgan fingerprint density at radius 2 is 1.66 bits per heavy atom. The molecule has 2 aromatic rings. The molecule has 7 heteroatoms. The summed E-state index contributed by atoms with van der Waals surface area (Å²) >= 11 is 0. The highest BCUT2D eigenvalue weighted by atomic mass is 16.5. The van der Waals surface area contributed by atoms with Crippen molar-refractivity contribution >= 4 is 17.8 Å². The monoisotopic (exact) mass is 440 g/mol. The van der Waals surface area contributed by atoms with E-state index in [4.69, 9.17) is 9.47 Å². The first-order valence-corrected chi connectivity index (χ1v) is 11.0. The van der Waals surface area contributed by atoms with Crippen LogP contribution in [0.15, 0.2) is 54.6 Å². The number of nitrogens with one attached hydrogen (secondary N) is 2. The molecule has 0 aliphatic carbocycles.